The Bertz CT molecular complexity index is 359. The normalized spacial score (nSPS) is 16.5. The fourth-order valence-corrected chi connectivity index (χ4v) is 2.57. The Morgan fingerprint density at radius 2 is 1.65 bits per heavy atom. The predicted octanol–water partition coefficient (Wildman–Crippen LogP) is 2.28. The molecule has 0 aromatic heterocycles. The molecule has 2 amide bonds. The Hall–Kier alpha value is -1.30. The Labute approximate surface area is 140 Å². The van der Waals surface area contributed by atoms with Gasteiger partial charge in [0.2, 0.25) is 5.91 Å². The molecule has 0 aromatic rings. The van der Waals surface area contributed by atoms with Crippen molar-refractivity contribution in [2.75, 3.05) is 32.7 Å². The molecule has 0 saturated carbocycles. The summed E-state index contributed by atoms with van der Waals surface area (Å²) >= 11 is 0. The van der Waals surface area contributed by atoms with Gasteiger partial charge in [-0.25, -0.2) is 4.79 Å². The predicted molar refractivity (Wildman–Crippen MR) is 91.4 cm³/mol. The van der Waals surface area contributed by atoms with Crippen LogP contribution in [0.4, 0.5) is 4.79 Å². The second kappa shape index (κ2) is 10.5. The van der Waals surface area contributed by atoms with Gasteiger partial charge in [-0.3, -0.25) is 4.79 Å². The molecule has 1 saturated heterocycles. The molecule has 0 radical (unpaired) electrons. The van der Waals surface area contributed by atoms with E-state index in [9.17, 15) is 9.59 Å². The standard InChI is InChI=1S/C17H33N3O3/c1-17(2,3)23-16(22)19-11-9-15(21)18-10-8-14-20-12-6-4-5-7-13-20/h4-14H2,1-3H3,(H,18,21)(H,19,22). The van der Waals surface area contributed by atoms with Crippen LogP contribution in [0.3, 0.4) is 0 Å². The number of nitrogens with one attached hydrogen (secondary N) is 2. The van der Waals surface area contributed by atoms with Gasteiger partial charge in [-0.15, -0.1) is 0 Å². The molecule has 0 spiro atoms. The van der Waals surface area contributed by atoms with Crippen LogP contribution < -0.4 is 10.6 Å². The highest BCUT2D eigenvalue weighted by atomic mass is 16.6. The van der Waals surface area contributed by atoms with E-state index in [1.165, 1.54) is 38.8 Å². The summed E-state index contributed by atoms with van der Waals surface area (Å²) in [5, 5.41) is 5.49. The number of amides is 2. The highest BCUT2D eigenvalue weighted by Gasteiger charge is 2.15. The molecule has 0 aliphatic carbocycles. The fourth-order valence-electron chi connectivity index (χ4n) is 2.57. The lowest BCUT2D eigenvalue weighted by Crippen LogP contribution is -2.35. The zero-order valence-corrected chi connectivity index (χ0v) is 15.0. The number of nitrogens with zero attached hydrogens (tertiary/aromatic N) is 1. The van der Waals surface area contributed by atoms with Crippen LogP contribution in [0.25, 0.3) is 0 Å². The number of hydrogen-bond acceptors (Lipinski definition) is 4. The summed E-state index contributed by atoms with van der Waals surface area (Å²) in [6, 6.07) is 0. The molecular formula is C17H33N3O3. The third kappa shape index (κ3) is 11.0. The van der Waals surface area contributed by atoms with Crippen LogP contribution in [0.5, 0.6) is 0 Å². The number of alkyl carbamates (subject to hydrolysis) is 1. The lowest BCUT2D eigenvalue weighted by atomic mass is 10.2. The summed E-state index contributed by atoms with van der Waals surface area (Å²) in [6.45, 7) is 9.85. The van der Waals surface area contributed by atoms with Crippen LogP contribution in [0, 0.1) is 0 Å². The lowest BCUT2D eigenvalue weighted by molar-refractivity contribution is -0.120. The number of carbonyl (C=O) groups excluding carboxylic acids is 2. The third-order valence-corrected chi connectivity index (χ3v) is 3.69. The maximum absolute atomic E-state index is 11.7. The van der Waals surface area contributed by atoms with E-state index >= 15 is 0 Å². The lowest BCUT2D eigenvalue weighted by Gasteiger charge is -2.20. The molecule has 6 nitrogen and oxygen atoms in total. The van der Waals surface area contributed by atoms with E-state index in [0.29, 0.717) is 13.1 Å². The van der Waals surface area contributed by atoms with Crippen molar-refractivity contribution in [1.29, 1.82) is 0 Å². The molecule has 1 rings (SSSR count). The summed E-state index contributed by atoms with van der Waals surface area (Å²) in [4.78, 5) is 25.6. The molecule has 0 aromatic carbocycles. The molecule has 134 valence electrons. The summed E-state index contributed by atoms with van der Waals surface area (Å²) in [5.74, 6) is -0.0306. The van der Waals surface area contributed by atoms with E-state index in [-0.39, 0.29) is 12.3 Å². The molecule has 1 fully saturated rings. The zero-order chi connectivity index (χ0) is 17.1. The van der Waals surface area contributed by atoms with Crippen LogP contribution in [-0.4, -0.2) is 55.2 Å². The van der Waals surface area contributed by atoms with Crippen molar-refractivity contribution in [3.8, 4) is 0 Å². The zero-order valence-electron chi connectivity index (χ0n) is 15.0. The van der Waals surface area contributed by atoms with Crippen LogP contribution in [0.2, 0.25) is 0 Å². The average molecular weight is 327 g/mol. The second-order valence-corrected chi connectivity index (χ2v) is 7.14. The van der Waals surface area contributed by atoms with Gasteiger partial charge in [-0.1, -0.05) is 12.8 Å². The maximum Gasteiger partial charge on any atom is 0.407 e. The van der Waals surface area contributed by atoms with Crippen LogP contribution in [-0.2, 0) is 9.53 Å². The van der Waals surface area contributed by atoms with Crippen molar-refractivity contribution in [3.05, 3.63) is 0 Å². The molecular weight excluding hydrogens is 294 g/mol. The van der Waals surface area contributed by atoms with Crippen LogP contribution in [0.1, 0.15) is 59.3 Å². The highest BCUT2D eigenvalue weighted by molar-refractivity contribution is 5.76. The van der Waals surface area contributed by atoms with Crippen molar-refractivity contribution in [2.45, 2.75) is 64.9 Å². The van der Waals surface area contributed by atoms with Gasteiger partial charge in [-0.05, 0) is 59.7 Å². The van der Waals surface area contributed by atoms with E-state index < -0.39 is 11.7 Å². The smallest absolute Gasteiger partial charge is 0.407 e. The number of ether oxygens (including phenoxy) is 1. The molecule has 0 bridgehead atoms. The van der Waals surface area contributed by atoms with Crippen LogP contribution >= 0.6 is 0 Å². The van der Waals surface area contributed by atoms with Gasteiger partial charge in [-0.2, -0.15) is 0 Å². The summed E-state index contributed by atoms with van der Waals surface area (Å²) in [5.41, 5.74) is -0.514. The SMILES string of the molecule is CC(C)(C)OC(=O)NCCC(=O)NCCCN1CCCCCC1. The Morgan fingerprint density at radius 3 is 2.26 bits per heavy atom. The Morgan fingerprint density at radius 1 is 1.00 bits per heavy atom. The number of rotatable bonds is 7. The van der Waals surface area contributed by atoms with E-state index in [1.807, 2.05) is 20.8 Å². The van der Waals surface area contributed by atoms with Gasteiger partial charge < -0.3 is 20.3 Å². The van der Waals surface area contributed by atoms with Gasteiger partial charge in [0, 0.05) is 19.5 Å². The van der Waals surface area contributed by atoms with Crippen molar-refractivity contribution >= 4 is 12.0 Å². The minimum absolute atomic E-state index is 0.0306. The Kier molecular flexibility index (Phi) is 8.99. The monoisotopic (exact) mass is 327 g/mol. The number of hydrogen-bond donors (Lipinski definition) is 2. The first kappa shape index (κ1) is 19.7. The van der Waals surface area contributed by atoms with Gasteiger partial charge in [0.1, 0.15) is 5.60 Å². The highest BCUT2D eigenvalue weighted by Crippen LogP contribution is 2.09. The topological polar surface area (TPSA) is 70.7 Å². The van der Waals surface area contributed by atoms with Crippen molar-refractivity contribution in [1.82, 2.24) is 15.5 Å². The first-order valence-corrected chi connectivity index (χ1v) is 8.83. The van der Waals surface area contributed by atoms with Gasteiger partial charge in [0.25, 0.3) is 0 Å². The molecule has 1 aliphatic rings. The van der Waals surface area contributed by atoms with Crippen LogP contribution in [0.15, 0.2) is 0 Å². The third-order valence-electron chi connectivity index (χ3n) is 3.69. The second-order valence-electron chi connectivity index (χ2n) is 7.14. The van der Waals surface area contributed by atoms with Crippen molar-refractivity contribution < 1.29 is 14.3 Å². The average Bonchev–Trinajstić information content (AvgIpc) is 2.70. The minimum atomic E-state index is -0.514. The fraction of sp³-hybridized carbons (Fsp3) is 0.882. The molecule has 6 heteroatoms. The molecule has 23 heavy (non-hydrogen) atoms. The van der Waals surface area contributed by atoms with Crippen molar-refractivity contribution in [3.63, 3.8) is 0 Å². The van der Waals surface area contributed by atoms with E-state index in [0.717, 1.165) is 13.0 Å². The summed E-state index contributed by atoms with van der Waals surface area (Å²) in [7, 11) is 0. The first-order valence-electron chi connectivity index (χ1n) is 8.83. The quantitative estimate of drug-likeness (QED) is 0.704. The molecule has 1 aliphatic heterocycles. The largest absolute Gasteiger partial charge is 0.444 e. The van der Waals surface area contributed by atoms with E-state index in [2.05, 4.69) is 15.5 Å². The number of carbonyl (C=O) groups is 2. The maximum atomic E-state index is 11.7. The Balaban J connectivity index is 2.00. The van der Waals surface area contributed by atoms with Gasteiger partial charge in [0.15, 0.2) is 0 Å². The van der Waals surface area contributed by atoms with E-state index in [1.54, 1.807) is 0 Å². The first-order chi connectivity index (χ1) is 10.9. The summed E-state index contributed by atoms with van der Waals surface area (Å²) < 4.78 is 5.11. The molecule has 2 N–H and O–H groups in total. The van der Waals surface area contributed by atoms with E-state index in [4.69, 9.17) is 4.74 Å². The molecule has 0 unspecified atom stereocenters. The molecule has 1 heterocycles. The van der Waals surface area contributed by atoms with Crippen molar-refractivity contribution in [2.24, 2.45) is 0 Å². The number of likely N-dealkylation sites (tertiary alicyclic amines) is 1. The van der Waals surface area contributed by atoms with Gasteiger partial charge >= 0.3 is 6.09 Å². The molecule has 0 atom stereocenters. The van der Waals surface area contributed by atoms with Gasteiger partial charge in [0.05, 0.1) is 0 Å². The minimum Gasteiger partial charge on any atom is -0.444 e. The summed E-state index contributed by atoms with van der Waals surface area (Å²) in [6.07, 6.45) is 6.06.